The van der Waals surface area contributed by atoms with Crippen molar-refractivity contribution in [2.75, 3.05) is 18.8 Å². The molecule has 0 radical (unpaired) electrons. The van der Waals surface area contributed by atoms with E-state index in [-0.39, 0.29) is 6.04 Å². The number of sulfonamides is 1. The molecule has 1 rings (SSSR count). The Kier molecular flexibility index (Phi) is 7.95. The van der Waals surface area contributed by atoms with Crippen LogP contribution < -0.4 is 5.73 Å². The summed E-state index contributed by atoms with van der Waals surface area (Å²) in [5, 5.41) is 0. The second kappa shape index (κ2) is 8.93. The highest BCUT2D eigenvalue weighted by atomic mass is 32.2. The lowest BCUT2D eigenvalue weighted by atomic mass is 10.1. The van der Waals surface area contributed by atoms with E-state index in [1.54, 1.807) is 4.31 Å². The highest BCUT2D eigenvalue weighted by Crippen LogP contribution is 2.24. The van der Waals surface area contributed by atoms with Gasteiger partial charge in [-0.05, 0) is 32.2 Å². The van der Waals surface area contributed by atoms with E-state index in [2.05, 4.69) is 0 Å². The van der Waals surface area contributed by atoms with Crippen LogP contribution in [0.2, 0.25) is 0 Å². The van der Waals surface area contributed by atoms with Crippen molar-refractivity contribution in [3.63, 3.8) is 0 Å². The van der Waals surface area contributed by atoms with Gasteiger partial charge in [0.25, 0.3) is 0 Å². The molecule has 0 amide bonds. The van der Waals surface area contributed by atoms with Gasteiger partial charge in [0, 0.05) is 12.6 Å². The molecule has 0 aliphatic heterocycles. The van der Waals surface area contributed by atoms with E-state index >= 15 is 0 Å². The molecule has 1 aliphatic carbocycles. The molecule has 19 heavy (non-hydrogen) atoms. The molecule has 1 aliphatic rings. The van der Waals surface area contributed by atoms with Crippen molar-refractivity contribution >= 4 is 10.0 Å². The molecule has 0 aromatic rings. The molecule has 0 spiro atoms. The average molecular weight is 290 g/mol. The third kappa shape index (κ3) is 5.79. The van der Waals surface area contributed by atoms with Gasteiger partial charge in [-0.25, -0.2) is 8.42 Å². The second-order valence-electron chi connectivity index (χ2n) is 5.57. The second-order valence-corrected chi connectivity index (χ2v) is 7.61. The molecule has 0 saturated heterocycles. The van der Waals surface area contributed by atoms with Gasteiger partial charge in [0.05, 0.1) is 5.75 Å². The summed E-state index contributed by atoms with van der Waals surface area (Å²) in [6, 6.07) is 0.218. The molecule has 1 saturated carbocycles. The first kappa shape index (κ1) is 16.9. The van der Waals surface area contributed by atoms with Crippen LogP contribution in [0.4, 0.5) is 0 Å². The molecule has 2 N–H and O–H groups in total. The normalized spacial score (nSPS) is 18.7. The summed E-state index contributed by atoms with van der Waals surface area (Å²) in [7, 11) is -3.09. The minimum atomic E-state index is -3.09. The molecule has 4 nitrogen and oxygen atoms in total. The van der Waals surface area contributed by atoms with Crippen LogP contribution in [0.3, 0.4) is 0 Å². The van der Waals surface area contributed by atoms with Crippen LogP contribution in [0, 0.1) is 0 Å². The van der Waals surface area contributed by atoms with Crippen molar-refractivity contribution in [1.82, 2.24) is 4.31 Å². The summed E-state index contributed by atoms with van der Waals surface area (Å²) < 4.78 is 26.8. The maximum atomic E-state index is 12.5. The fourth-order valence-electron chi connectivity index (χ4n) is 2.79. The number of nitrogens with two attached hydrogens (primary N) is 1. The summed E-state index contributed by atoms with van der Waals surface area (Å²) >= 11 is 0. The van der Waals surface area contributed by atoms with Gasteiger partial charge in [0.2, 0.25) is 10.0 Å². The molecule has 0 aromatic carbocycles. The van der Waals surface area contributed by atoms with Gasteiger partial charge >= 0.3 is 0 Å². The van der Waals surface area contributed by atoms with Crippen LogP contribution in [0.25, 0.3) is 0 Å². The van der Waals surface area contributed by atoms with Gasteiger partial charge in [0.1, 0.15) is 0 Å². The molecule has 0 bridgehead atoms. The summed E-state index contributed by atoms with van der Waals surface area (Å²) in [5.74, 6) is 0.296. The lowest BCUT2D eigenvalue weighted by Crippen LogP contribution is -2.42. The molecule has 1 fully saturated rings. The summed E-state index contributed by atoms with van der Waals surface area (Å²) in [6.45, 7) is 3.20. The maximum Gasteiger partial charge on any atom is 0.214 e. The Hall–Kier alpha value is -0.130. The lowest BCUT2D eigenvalue weighted by molar-refractivity contribution is 0.290. The summed E-state index contributed by atoms with van der Waals surface area (Å²) in [6.07, 6.45) is 9.31. The van der Waals surface area contributed by atoms with Crippen molar-refractivity contribution in [2.45, 2.75) is 70.8 Å². The Balaban J connectivity index is 2.73. The van der Waals surface area contributed by atoms with Gasteiger partial charge in [-0.15, -0.1) is 0 Å². The largest absolute Gasteiger partial charge is 0.330 e. The smallest absolute Gasteiger partial charge is 0.214 e. The SMILES string of the molecule is CCCCS(=O)(=O)N(CCCN)C1CCCCCC1. The molecular weight excluding hydrogens is 260 g/mol. The van der Waals surface area contributed by atoms with E-state index < -0.39 is 10.0 Å². The molecule has 114 valence electrons. The first-order valence-corrected chi connectivity index (χ1v) is 9.42. The van der Waals surface area contributed by atoms with Gasteiger partial charge in [-0.2, -0.15) is 4.31 Å². The zero-order valence-corrected chi connectivity index (χ0v) is 13.1. The minimum Gasteiger partial charge on any atom is -0.330 e. The molecule has 0 heterocycles. The number of hydrogen-bond acceptors (Lipinski definition) is 3. The van der Waals surface area contributed by atoms with Crippen molar-refractivity contribution in [3.8, 4) is 0 Å². The number of hydrogen-bond donors (Lipinski definition) is 1. The van der Waals surface area contributed by atoms with Gasteiger partial charge in [0.15, 0.2) is 0 Å². The highest BCUT2D eigenvalue weighted by molar-refractivity contribution is 7.89. The van der Waals surface area contributed by atoms with Crippen LogP contribution in [0.1, 0.15) is 64.7 Å². The fraction of sp³-hybridized carbons (Fsp3) is 1.00. The highest BCUT2D eigenvalue weighted by Gasteiger charge is 2.29. The molecular formula is C14H30N2O2S. The Morgan fingerprint density at radius 3 is 2.26 bits per heavy atom. The Morgan fingerprint density at radius 2 is 1.74 bits per heavy atom. The van der Waals surface area contributed by atoms with E-state index in [0.717, 1.165) is 44.9 Å². The quantitative estimate of drug-likeness (QED) is 0.699. The van der Waals surface area contributed by atoms with Crippen LogP contribution in [-0.4, -0.2) is 37.6 Å². The van der Waals surface area contributed by atoms with E-state index in [4.69, 9.17) is 5.73 Å². The number of unbranched alkanes of at least 4 members (excludes halogenated alkanes) is 1. The van der Waals surface area contributed by atoms with Crippen molar-refractivity contribution in [1.29, 1.82) is 0 Å². The number of nitrogens with zero attached hydrogens (tertiary/aromatic N) is 1. The first-order valence-electron chi connectivity index (χ1n) is 7.81. The van der Waals surface area contributed by atoms with Crippen LogP contribution in [-0.2, 0) is 10.0 Å². The predicted octanol–water partition coefficient (Wildman–Crippen LogP) is 2.49. The molecule has 0 atom stereocenters. The summed E-state index contributed by atoms with van der Waals surface area (Å²) in [4.78, 5) is 0. The summed E-state index contributed by atoms with van der Waals surface area (Å²) in [5.41, 5.74) is 5.56. The van der Waals surface area contributed by atoms with Crippen molar-refractivity contribution in [2.24, 2.45) is 5.73 Å². The van der Waals surface area contributed by atoms with Gasteiger partial charge in [-0.1, -0.05) is 39.0 Å². The van der Waals surface area contributed by atoms with Crippen LogP contribution >= 0.6 is 0 Å². The monoisotopic (exact) mass is 290 g/mol. The standard InChI is InChI=1S/C14H30N2O2S/c1-2-3-13-19(17,18)16(12-8-11-15)14-9-6-4-5-7-10-14/h14H,2-13,15H2,1H3. The Morgan fingerprint density at radius 1 is 1.11 bits per heavy atom. The minimum absolute atomic E-state index is 0.218. The Bertz CT molecular complexity index is 322. The fourth-order valence-corrected chi connectivity index (χ4v) is 4.75. The van der Waals surface area contributed by atoms with Crippen molar-refractivity contribution in [3.05, 3.63) is 0 Å². The van der Waals surface area contributed by atoms with Crippen molar-refractivity contribution < 1.29 is 8.42 Å². The van der Waals surface area contributed by atoms with Crippen LogP contribution in [0.5, 0.6) is 0 Å². The van der Waals surface area contributed by atoms with E-state index in [9.17, 15) is 8.42 Å². The average Bonchev–Trinajstić information content (AvgIpc) is 2.66. The molecule has 0 unspecified atom stereocenters. The van der Waals surface area contributed by atoms with E-state index in [0.29, 0.717) is 18.8 Å². The topological polar surface area (TPSA) is 63.4 Å². The van der Waals surface area contributed by atoms with Crippen LogP contribution in [0.15, 0.2) is 0 Å². The zero-order chi connectivity index (χ0) is 14.1. The molecule has 5 heteroatoms. The van der Waals surface area contributed by atoms with Gasteiger partial charge < -0.3 is 5.73 Å². The van der Waals surface area contributed by atoms with E-state index in [1.807, 2.05) is 6.92 Å². The van der Waals surface area contributed by atoms with Gasteiger partial charge in [-0.3, -0.25) is 0 Å². The third-order valence-electron chi connectivity index (χ3n) is 3.93. The maximum absolute atomic E-state index is 12.5. The Labute approximate surface area is 118 Å². The first-order chi connectivity index (χ1) is 9.11. The predicted molar refractivity (Wildman–Crippen MR) is 80.6 cm³/mol. The van der Waals surface area contributed by atoms with E-state index in [1.165, 1.54) is 12.8 Å². The zero-order valence-electron chi connectivity index (χ0n) is 12.3. The lowest BCUT2D eigenvalue weighted by Gasteiger charge is -2.30. The molecule has 0 aromatic heterocycles. The third-order valence-corrected chi connectivity index (χ3v) is 5.93. The number of rotatable bonds is 8.